The number of hydrogen-bond acceptors (Lipinski definition) is 3. The van der Waals surface area contributed by atoms with Gasteiger partial charge in [0.1, 0.15) is 0 Å². The Balaban J connectivity index is 0.00000225. The predicted octanol–water partition coefficient (Wildman–Crippen LogP) is 2.99. The Morgan fingerprint density at radius 2 is 1.88 bits per heavy atom. The molecular weight excluding hydrogens is 427 g/mol. The molecule has 25 heavy (non-hydrogen) atoms. The summed E-state index contributed by atoms with van der Waals surface area (Å²) in [5.41, 5.74) is 0. The van der Waals surface area contributed by atoms with E-state index in [9.17, 15) is 0 Å². The predicted molar refractivity (Wildman–Crippen MR) is 115 cm³/mol. The molecular formula is C19H37IN4O. The Morgan fingerprint density at radius 1 is 1.08 bits per heavy atom. The minimum absolute atomic E-state index is 0. The minimum Gasteiger partial charge on any atom is -0.379 e. The number of hydrogen-bond donors (Lipinski definition) is 2. The highest BCUT2D eigenvalue weighted by Crippen LogP contribution is 2.28. The van der Waals surface area contributed by atoms with E-state index < -0.39 is 0 Å². The number of guanidine groups is 1. The molecule has 1 aliphatic heterocycles. The summed E-state index contributed by atoms with van der Waals surface area (Å²) in [5, 5.41) is 7.03. The molecule has 2 N–H and O–H groups in total. The zero-order chi connectivity index (χ0) is 16.6. The maximum atomic E-state index is 5.69. The van der Waals surface area contributed by atoms with Crippen LogP contribution in [0.2, 0.25) is 0 Å². The van der Waals surface area contributed by atoms with Gasteiger partial charge in [0.05, 0.1) is 6.61 Å². The summed E-state index contributed by atoms with van der Waals surface area (Å²) < 4.78 is 5.69. The molecule has 0 aromatic carbocycles. The van der Waals surface area contributed by atoms with Crippen molar-refractivity contribution in [1.82, 2.24) is 15.5 Å². The van der Waals surface area contributed by atoms with E-state index >= 15 is 0 Å². The van der Waals surface area contributed by atoms with Gasteiger partial charge in [-0.25, -0.2) is 0 Å². The smallest absolute Gasteiger partial charge is 0.191 e. The fourth-order valence-corrected chi connectivity index (χ4v) is 4.07. The Kier molecular flexibility index (Phi) is 9.84. The second-order valence-electron chi connectivity index (χ2n) is 7.79. The van der Waals surface area contributed by atoms with Crippen LogP contribution >= 0.6 is 24.0 Å². The van der Waals surface area contributed by atoms with Crippen LogP contribution in [0.5, 0.6) is 0 Å². The van der Waals surface area contributed by atoms with E-state index in [0.29, 0.717) is 6.04 Å². The van der Waals surface area contributed by atoms with E-state index in [0.717, 1.165) is 37.7 Å². The number of piperidine rings is 1. The van der Waals surface area contributed by atoms with Gasteiger partial charge in [0.25, 0.3) is 0 Å². The van der Waals surface area contributed by atoms with Crippen LogP contribution in [-0.2, 0) is 4.74 Å². The first-order chi connectivity index (χ1) is 11.8. The lowest BCUT2D eigenvalue weighted by atomic mass is 9.92. The molecule has 1 atom stereocenters. The number of ether oxygens (including phenoxy) is 1. The molecule has 2 aliphatic carbocycles. The third kappa shape index (κ3) is 7.59. The molecule has 5 nitrogen and oxygen atoms in total. The summed E-state index contributed by atoms with van der Waals surface area (Å²) in [6, 6.07) is 1.36. The molecule has 1 unspecified atom stereocenters. The summed E-state index contributed by atoms with van der Waals surface area (Å²) in [6.45, 7) is 5.00. The van der Waals surface area contributed by atoms with Crippen LogP contribution in [0.25, 0.3) is 0 Å². The van der Waals surface area contributed by atoms with Crippen molar-refractivity contribution in [3.8, 4) is 0 Å². The van der Waals surface area contributed by atoms with Gasteiger partial charge in [-0.05, 0) is 51.0 Å². The lowest BCUT2D eigenvalue weighted by Gasteiger charge is -2.40. The number of rotatable bonds is 7. The van der Waals surface area contributed by atoms with Gasteiger partial charge in [0.15, 0.2) is 5.96 Å². The average Bonchev–Trinajstić information content (AvgIpc) is 3.46. The van der Waals surface area contributed by atoms with Crippen molar-refractivity contribution in [3.05, 3.63) is 0 Å². The van der Waals surface area contributed by atoms with Gasteiger partial charge >= 0.3 is 0 Å². The maximum absolute atomic E-state index is 5.69. The number of halogens is 1. The van der Waals surface area contributed by atoms with Gasteiger partial charge in [0, 0.05) is 38.8 Å². The van der Waals surface area contributed by atoms with Crippen molar-refractivity contribution in [3.63, 3.8) is 0 Å². The number of nitrogens with zero attached hydrogens (tertiary/aromatic N) is 2. The first-order valence-corrected chi connectivity index (χ1v) is 10.1. The molecule has 0 spiro atoms. The number of likely N-dealkylation sites (tertiary alicyclic amines) is 1. The van der Waals surface area contributed by atoms with Crippen LogP contribution in [0.4, 0.5) is 0 Å². The maximum Gasteiger partial charge on any atom is 0.191 e. The normalized spacial score (nSPS) is 26.1. The minimum atomic E-state index is 0. The first kappa shape index (κ1) is 21.2. The SMILES string of the molecule is CN=C(NCCOCC1CC1)NC1CCCN(C2CCCCC2)C1.I. The van der Waals surface area contributed by atoms with Gasteiger partial charge in [-0.15, -0.1) is 24.0 Å². The molecule has 0 amide bonds. The quantitative estimate of drug-likeness (QED) is 0.263. The molecule has 0 radical (unpaired) electrons. The van der Waals surface area contributed by atoms with Crippen molar-refractivity contribution in [2.45, 2.75) is 69.9 Å². The van der Waals surface area contributed by atoms with Crippen LogP contribution in [-0.4, -0.2) is 62.8 Å². The molecule has 6 heteroatoms. The standard InChI is InChI=1S/C19H36N4O.HI/c1-20-19(21-11-13-24-15-16-9-10-16)22-17-6-5-12-23(14-17)18-7-3-2-4-8-18;/h16-18H,2-15H2,1H3,(H2,20,21,22);1H. The van der Waals surface area contributed by atoms with E-state index in [4.69, 9.17) is 4.74 Å². The Morgan fingerprint density at radius 3 is 2.60 bits per heavy atom. The first-order valence-electron chi connectivity index (χ1n) is 10.1. The Bertz CT molecular complexity index is 397. The lowest BCUT2D eigenvalue weighted by Crippen LogP contribution is -2.53. The highest BCUT2D eigenvalue weighted by Gasteiger charge is 2.27. The van der Waals surface area contributed by atoms with E-state index in [1.54, 1.807) is 0 Å². The van der Waals surface area contributed by atoms with Gasteiger partial charge in [-0.3, -0.25) is 9.89 Å². The summed E-state index contributed by atoms with van der Waals surface area (Å²) in [7, 11) is 1.86. The van der Waals surface area contributed by atoms with Crippen LogP contribution in [0.3, 0.4) is 0 Å². The van der Waals surface area contributed by atoms with Crippen molar-refractivity contribution in [2.75, 3.05) is 39.9 Å². The monoisotopic (exact) mass is 464 g/mol. The average molecular weight is 464 g/mol. The summed E-state index contributed by atoms with van der Waals surface area (Å²) in [5.74, 6) is 1.77. The van der Waals surface area contributed by atoms with E-state index in [1.165, 1.54) is 70.9 Å². The molecule has 146 valence electrons. The fraction of sp³-hybridized carbons (Fsp3) is 0.947. The van der Waals surface area contributed by atoms with Crippen LogP contribution in [0.1, 0.15) is 57.8 Å². The van der Waals surface area contributed by atoms with Gasteiger partial charge < -0.3 is 15.4 Å². The topological polar surface area (TPSA) is 48.9 Å². The van der Waals surface area contributed by atoms with E-state index in [-0.39, 0.29) is 24.0 Å². The second kappa shape index (κ2) is 11.6. The molecule has 0 bridgehead atoms. The second-order valence-corrected chi connectivity index (χ2v) is 7.79. The largest absolute Gasteiger partial charge is 0.379 e. The van der Waals surface area contributed by atoms with E-state index in [1.807, 2.05) is 7.05 Å². The van der Waals surface area contributed by atoms with Crippen LogP contribution in [0, 0.1) is 5.92 Å². The van der Waals surface area contributed by atoms with E-state index in [2.05, 4.69) is 20.5 Å². The lowest BCUT2D eigenvalue weighted by molar-refractivity contribution is 0.114. The van der Waals surface area contributed by atoms with Crippen molar-refractivity contribution in [1.29, 1.82) is 0 Å². The molecule has 1 saturated heterocycles. The number of aliphatic imine (C=N–C) groups is 1. The molecule has 3 rings (SSSR count). The molecule has 3 fully saturated rings. The summed E-state index contributed by atoms with van der Waals surface area (Å²) in [6.07, 6.45) is 12.3. The summed E-state index contributed by atoms with van der Waals surface area (Å²) in [4.78, 5) is 7.11. The molecule has 2 saturated carbocycles. The molecule has 0 aromatic rings. The third-order valence-electron chi connectivity index (χ3n) is 5.70. The van der Waals surface area contributed by atoms with Crippen molar-refractivity contribution < 1.29 is 4.74 Å². The molecule has 1 heterocycles. The van der Waals surface area contributed by atoms with Crippen molar-refractivity contribution in [2.24, 2.45) is 10.9 Å². The van der Waals surface area contributed by atoms with Crippen molar-refractivity contribution >= 4 is 29.9 Å². The summed E-state index contributed by atoms with van der Waals surface area (Å²) >= 11 is 0. The Hall–Kier alpha value is -0.0800. The molecule has 3 aliphatic rings. The van der Waals surface area contributed by atoms with Crippen LogP contribution < -0.4 is 10.6 Å². The highest BCUT2D eigenvalue weighted by atomic mass is 127. The van der Waals surface area contributed by atoms with Crippen LogP contribution in [0.15, 0.2) is 4.99 Å². The fourth-order valence-electron chi connectivity index (χ4n) is 4.07. The molecule has 0 aromatic heterocycles. The number of nitrogens with one attached hydrogen (secondary N) is 2. The zero-order valence-corrected chi connectivity index (χ0v) is 18.2. The van der Waals surface area contributed by atoms with Gasteiger partial charge in [-0.1, -0.05) is 19.3 Å². The third-order valence-corrected chi connectivity index (χ3v) is 5.70. The van der Waals surface area contributed by atoms with Gasteiger partial charge in [-0.2, -0.15) is 0 Å². The zero-order valence-electron chi connectivity index (χ0n) is 15.8. The van der Waals surface area contributed by atoms with Gasteiger partial charge in [0.2, 0.25) is 0 Å². The highest BCUT2D eigenvalue weighted by molar-refractivity contribution is 14.0. The Labute approximate surface area is 170 Å².